The van der Waals surface area contributed by atoms with Gasteiger partial charge in [0.15, 0.2) is 6.10 Å². The average molecular weight is 372 g/mol. The second-order valence-electron chi connectivity index (χ2n) is 7.41. The maximum atomic E-state index is 12.6. The zero-order valence-electron chi connectivity index (χ0n) is 15.8. The smallest absolute Gasteiger partial charge is 0.326 e. The Kier molecular flexibility index (Phi) is 5.04. The van der Waals surface area contributed by atoms with Gasteiger partial charge < -0.3 is 10.1 Å². The van der Waals surface area contributed by atoms with E-state index in [2.05, 4.69) is 5.32 Å². The Morgan fingerprint density at radius 3 is 2.48 bits per heavy atom. The Morgan fingerprint density at radius 1 is 1.19 bits per heavy atom. The number of ether oxygens (including phenoxy) is 1. The lowest BCUT2D eigenvalue weighted by molar-refractivity contribution is -0.149. The molecule has 1 aromatic rings. The van der Waals surface area contributed by atoms with Crippen LogP contribution >= 0.6 is 0 Å². The number of Topliss-reactive ketones (excluding diaryl/α,β-unsaturated/α-hetero) is 1. The molecule has 1 spiro atoms. The number of nitrogens with zero attached hydrogens (tertiary/aromatic N) is 1. The molecule has 1 aliphatic heterocycles. The van der Waals surface area contributed by atoms with Crippen LogP contribution in [-0.2, 0) is 14.3 Å². The molecule has 1 saturated heterocycles. The lowest BCUT2D eigenvalue weighted by Gasteiger charge is -2.20. The lowest BCUT2D eigenvalue weighted by atomic mass is 9.98. The maximum Gasteiger partial charge on any atom is 0.326 e. The predicted molar refractivity (Wildman–Crippen MR) is 97.2 cm³/mol. The number of esters is 1. The number of nitrogens with one attached hydrogen (secondary N) is 1. The molecule has 3 rings (SSSR count). The number of imide groups is 1. The highest BCUT2D eigenvalue weighted by molar-refractivity contribution is 6.09. The van der Waals surface area contributed by atoms with Crippen LogP contribution in [0.1, 0.15) is 54.1 Å². The minimum Gasteiger partial charge on any atom is -0.453 e. The number of aryl methyl sites for hydroxylation is 2. The van der Waals surface area contributed by atoms with Crippen LogP contribution in [0, 0.1) is 13.8 Å². The van der Waals surface area contributed by atoms with Crippen LogP contribution in [0.5, 0.6) is 0 Å². The van der Waals surface area contributed by atoms with Crippen molar-refractivity contribution >= 4 is 23.7 Å². The molecule has 1 N–H and O–H groups in total. The van der Waals surface area contributed by atoms with E-state index in [0.717, 1.165) is 28.9 Å². The van der Waals surface area contributed by atoms with Gasteiger partial charge in [-0.1, -0.05) is 25.0 Å². The Balaban J connectivity index is 1.61. The summed E-state index contributed by atoms with van der Waals surface area (Å²) in [6.45, 7) is 4.85. The largest absolute Gasteiger partial charge is 0.453 e. The van der Waals surface area contributed by atoms with Gasteiger partial charge in [-0.05, 0) is 50.8 Å². The third-order valence-corrected chi connectivity index (χ3v) is 5.46. The van der Waals surface area contributed by atoms with Crippen molar-refractivity contribution in [2.24, 2.45) is 0 Å². The SMILES string of the molecule is Cc1ccc(C(=O)[C@H](C)OC(=O)CN2C(=O)NC3(CCCC3)C2=O)cc1C. The van der Waals surface area contributed by atoms with Gasteiger partial charge in [0.1, 0.15) is 12.1 Å². The zero-order valence-corrected chi connectivity index (χ0v) is 15.8. The predicted octanol–water partition coefficient (Wildman–Crippen LogP) is 2.28. The molecule has 27 heavy (non-hydrogen) atoms. The highest BCUT2D eigenvalue weighted by Crippen LogP contribution is 2.34. The van der Waals surface area contributed by atoms with Gasteiger partial charge >= 0.3 is 12.0 Å². The van der Waals surface area contributed by atoms with E-state index < -0.39 is 30.2 Å². The molecule has 1 saturated carbocycles. The first-order chi connectivity index (χ1) is 12.7. The molecule has 2 aliphatic rings. The van der Waals surface area contributed by atoms with Crippen LogP contribution in [0.15, 0.2) is 18.2 Å². The first kappa shape index (κ1) is 19.1. The molecule has 0 unspecified atom stereocenters. The minimum atomic E-state index is -0.999. The third-order valence-electron chi connectivity index (χ3n) is 5.46. The minimum absolute atomic E-state index is 0.323. The molecule has 3 amide bonds. The Labute approximate surface area is 158 Å². The number of carbonyl (C=O) groups is 4. The molecule has 1 heterocycles. The maximum absolute atomic E-state index is 12.6. The van der Waals surface area contributed by atoms with Gasteiger partial charge in [0, 0.05) is 5.56 Å². The summed E-state index contributed by atoms with van der Waals surface area (Å²) in [7, 11) is 0. The number of urea groups is 1. The summed E-state index contributed by atoms with van der Waals surface area (Å²) in [5.74, 6) is -1.48. The summed E-state index contributed by atoms with van der Waals surface area (Å²) >= 11 is 0. The van der Waals surface area contributed by atoms with Crippen LogP contribution in [0.25, 0.3) is 0 Å². The highest BCUT2D eigenvalue weighted by Gasteiger charge is 2.52. The molecule has 144 valence electrons. The van der Waals surface area contributed by atoms with Crippen molar-refractivity contribution in [3.63, 3.8) is 0 Å². The highest BCUT2D eigenvalue weighted by atomic mass is 16.5. The standard InChI is InChI=1S/C20H24N2O5/c1-12-6-7-15(10-13(12)2)17(24)14(3)27-16(23)11-22-18(25)20(21-19(22)26)8-4-5-9-20/h6-7,10,14H,4-5,8-9,11H2,1-3H3,(H,21,26)/t14-/m0/s1. The molecule has 1 aromatic carbocycles. The fraction of sp³-hybridized carbons (Fsp3) is 0.500. The van der Waals surface area contributed by atoms with E-state index >= 15 is 0 Å². The van der Waals surface area contributed by atoms with Crippen molar-refractivity contribution in [3.8, 4) is 0 Å². The van der Waals surface area contributed by atoms with Crippen molar-refractivity contribution in [2.75, 3.05) is 6.54 Å². The monoisotopic (exact) mass is 372 g/mol. The second-order valence-corrected chi connectivity index (χ2v) is 7.41. The van der Waals surface area contributed by atoms with Crippen molar-refractivity contribution < 1.29 is 23.9 Å². The fourth-order valence-corrected chi connectivity index (χ4v) is 3.68. The van der Waals surface area contributed by atoms with Crippen molar-refractivity contribution in [1.82, 2.24) is 10.2 Å². The van der Waals surface area contributed by atoms with Crippen molar-refractivity contribution in [2.45, 2.75) is 58.1 Å². The van der Waals surface area contributed by atoms with E-state index in [1.54, 1.807) is 12.1 Å². The van der Waals surface area contributed by atoms with Gasteiger partial charge in [-0.2, -0.15) is 0 Å². The van der Waals surface area contributed by atoms with Gasteiger partial charge in [0.05, 0.1) is 0 Å². The molecule has 2 fully saturated rings. The first-order valence-corrected chi connectivity index (χ1v) is 9.18. The fourth-order valence-electron chi connectivity index (χ4n) is 3.68. The summed E-state index contributed by atoms with van der Waals surface area (Å²) in [4.78, 5) is 50.2. The number of hydrogen-bond acceptors (Lipinski definition) is 5. The number of rotatable bonds is 5. The normalized spacial score (nSPS) is 19.3. The quantitative estimate of drug-likeness (QED) is 0.486. The number of benzene rings is 1. The van der Waals surface area contributed by atoms with Crippen molar-refractivity contribution in [3.05, 3.63) is 34.9 Å². The topological polar surface area (TPSA) is 92.8 Å². The number of ketones is 1. The summed E-state index contributed by atoms with van der Waals surface area (Å²) in [6, 6.07) is 4.71. The van der Waals surface area contributed by atoms with E-state index in [4.69, 9.17) is 4.74 Å². The van der Waals surface area contributed by atoms with Gasteiger partial charge in [-0.3, -0.25) is 19.3 Å². The Hall–Kier alpha value is -2.70. The number of carbonyl (C=O) groups excluding carboxylic acids is 4. The Morgan fingerprint density at radius 2 is 1.85 bits per heavy atom. The van der Waals surface area contributed by atoms with E-state index in [9.17, 15) is 19.2 Å². The number of hydrogen-bond donors (Lipinski definition) is 1. The van der Waals surface area contributed by atoms with Gasteiger partial charge in [0.25, 0.3) is 5.91 Å². The molecular formula is C20H24N2O5. The summed E-state index contributed by atoms with van der Waals surface area (Å²) in [5.41, 5.74) is 1.63. The third kappa shape index (κ3) is 3.59. The molecule has 1 aliphatic carbocycles. The zero-order chi connectivity index (χ0) is 19.8. The molecule has 7 heteroatoms. The van der Waals surface area contributed by atoms with E-state index in [1.807, 2.05) is 19.9 Å². The summed E-state index contributed by atoms with van der Waals surface area (Å²) in [5, 5.41) is 2.71. The number of amides is 3. The van der Waals surface area contributed by atoms with Crippen LogP contribution in [0.4, 0.5) is 4.79 Å². The molecule has 1 atom stereocenters. The van der Waals surface area contributed by atoms with Gasteiger partial charge in [-0.25, -0.2) is 4.79 Å². The van der Waals surface area contributed by atoms with Crippen molar-refractivity contribution in [1.29, 1.82) is 0 Å². The van der Waals surface area contributed by atoms with E-state index in [0.29, 0.717) is 18.4 Å². The Bertz CT molecular complexity index is 811. The van der Waals surface area contributed by atoms with Crippen LogP contribution in [-0.4, -0.2) is 46.8 Å². The molecule has 0 bridgehead atoms. The molecule has 0 radical (unpaired) electrons. The molecule has 7 nitrogen and oxygen atoms in total. The first-order valence-electron chi connectivity index (χ1n) is 9.18. The average Bonchev–Trinajstić information content (AvgIpc) is 3.17. The van der Waals surface area contributed by atoms with Crippen LogP contribution in [0.2, 0.25) is 0 Å². The summed E-state index contributed by atoms with van der Waals surface area (Å²) in [6.07, 6.45) is 1.91. The lowest BCUT2D eigenvalue weighted by Crippen LogP contribution is -2.44. The van der Waals surface area contributed by atoms with E-state index in [-0.39, 0.29) is 11.7 Å². The second kappa shape index (κ2) is 7.13. The van der Waals surface area contributed by atoms with Crippen LogP contribution < -0.4 is 5.32 Å². The van der Waals surface area contributed by atoms with Gasteiger partial charge in [-0.15, -0.1) is 0 Å². The van der Waals surface area contributed by atoms with Gasteiger partial charge in [0.2, 0.25) is 5.78 Å². The molecular weight excluding hydrogens is 348 g/mol. The molecule has 0 aromatic heterocycles. The van der Waals surface area contributed by atoms with E-state index in [1.165, 1.54) is 6.92 Å². The van der Waals surface area contributed by atoms with Crippen LogP contribution in [0.3, 0.4) is 0 Å². The summed E-state index contributed by atoms with van der Waals surface area (Å²) < 4.78 is 5.18.